The van der Waals surface area contributed by atoms with Crippen molar-refractivity contribution in [1.82, 2.24) is 0 Å². The predicted octanol–water partition coefficient (Wildman–Crippen LogP) is -4.75. The van der Waals surface area contributed by atoms with Crippen molar-refractivity contribution in [2.24, 2.45) is 5.73 Å². The van der Waals surface area contributed by atoms with E-state index in [1.807, 2.05) is 0 Å². The van der Waals surface area contributed by atoms with Gasteiger partial charge in [-0.2, -0.15) is 8.42 Å². The molecule has 1 amide bonds. The summed E-state index contributed by atoms with van der Waals surface area (Å²) >= 11 is 0. The molecule has 9 N–H and O–H groups in total. The highest BCUT2D eigenvalue weighted by molar-refractivity contribution is 7.79. The lowest BCUT2D eigenvalue weighted by atomic mass is 10.0. The lowest BCUT2D eigenvalue weighted by Crippen LogP contribution is -2.50. The number of aliphatic hydroxyl groups is 5. The maximum absolute atomic E-state index is 10.3. The zero-order valence-electron chi connectivity index (χ0n) is 8.86. The van der Waals surface area contributed by atoms with Crippen LogP contribution in [0.5, 0.6) is 0 Å². The van der Waals surface area contributed by atoms with Gasteiger partial charge in [-0.3, -0.25) is 13.9 Å². The minimum atomic E-state index is -4.67. The van der Waals surface area contributed by atoms with E-state index in [4.69, 9.17) is 43.1 Å². The van der Waals surface area contributed by atoms with Crippen molar-refractivity contribution < 1.29 is 47.9 Å². The molecular formula is C6H15NO10S. The Balaban J connectivity index is 0. The molecule has 0 aliphatic rings. The van der Waals surface area contributed by atoms with Crippen molar-refractivity contribution in [1.29, 1.82) is 0 Å². The third kappa shape index (κ3) is 10.3. The average molecular weight is 293 g/mol. The van der Waals surface area contributed by atoms with Gasteiger partial charge in [-0.25, -0.2) is 0 Å². The van der Waals surface area contributed by atoms with Crippen molar-refractivity contribution in [3.63, 3.8) is 0 Å². The van der Waals surface area contributed by atoms with Crippen molar-refractivity contribution in [2.75, 3.05) is 6.61 Å². The Morgan fingerprint density at radius 2 is 1.39 bits per heavy atom. The molecule has 0 aromatic rings. The fraction of sp³-hybridized carbons (Fsp3) is 0.833. The Morgan fingerprint density at radius 3 is 1.61 bits per heavy atom. The van der Waals surface area contributed by atoms with Crippen LogP contribution in [0.15, 0.2) is 0 Å². The predicted molar refractivity (Wildman–Crippen MR) is 54.5 cm³/mol. The molecular weight excluding hydrogens is 278 g/mol. The number of carbonyl (C=O) groups is 1. The Hall–Kier alpha value is -0.860. The minimum Gasteiger partial charge on any atom is -0.394 e. The molecule has 0 saturated heterocycles. The van der Waals surface area contributed by atoms with Crippen LogP contribution < -0.4 is 5.73 Å². The Morgan fingerprint density at radius 1 is 1.06 bits per heavy atom. The molecule has 0 saturated carbocycles. The molecule has 0 unspecified atom stereocenters. The van der Waals surface area contributed by atoms with Gasteiger partial charge in [-0.15, -0.1) is 0 Å². The van der Waals surface area contributed by atoms with Gasteiger partial charge in [0.1, 0.15) is 18.3 Å². The van der Waals surface area contributed by atoms with E-state index in [2.05, 4.69) is 5.73 Å². The highest BCUT2D eigenvalue weighted by Crippen LogP contribution is 2.04. The van der Waals surface area contributed by atoms with E-state index in [9.17, 15) is 4.79 Å². The molecule has 0 aliphatic carbocycles. The fourth-order valence-corrected chi connectivity index (χ4v) is 0.691. The first-order valence-electron chi connectivity index (χ1n) is 4.24. The number of hydrogen-bond acceptors (Lipinski definition) is 8. The second kappa shape index (κ2) is 8.28. The zero-order chi connectivity index (χ0) is 15.1. The van der Waals surface area contributed by atoms with Crippen LogP contribution in [0.2, 0.25) is 0 Å². The van der Waals surface area contributed by atoms with Crippen LogP contribution in [-0.4, -0.2) is 80.0 Å². The van der Waals surface area contributed by atoms with Gasteiger partial charge in [0.15, 0.2) is 6.10 Å². The minimum absolute atomic E-state index is 0.802. The maximum atomic E-state index is 10.3. The summed E-state index contributed by atoms with van der Waals surface area (Å²) in [4.78, 5) is 10.3. The van der Waals surface area contributed by atoms with Crippen LogP contribution in [0, 0.1) is 0 Å². The van der Waals surface area contributed by atoms with Crippen LogP contribution in [0.25, 0.3) is 0 Å². The standard InChI is InChI=1S/C6H13NO6.H2O4S/c7-6(13)5(12)4(11)3(10)2(9)1-8;1-5(2,3)4/h2-5,8-12H,1H2,(H2,7,13);(H2,1,2,3,4)/t2-,3-,4+,5-;/m1./s1. The second-order valence-corrected chi connectivity index (χ2v) is 3.92. The lowest BCUT2D eigenvalue weighted by molar-refractivity contribution is -0.146. The van der Waals surface area contributed by atoms with E-state index in [-0.39, 0.29) is 0 Å². The molecule has 0 radical (unpaired) electrons. The molecule has 4 atom stereocenters. The van der Waals surface area contributed by atoms with E-state index < -0.39 is 47.3 Å². The average Bonchev–Trinajstić information content (AvgIpc) is 2.22. The normalized spacial score (nSPS) is 17.9. The molecule has 18 heavy (non-hydrogen) atoms. The van der Waals surface area contributed by atoms with Crippen LogP contribution in [0.4, 0.5) is 0 Å². The van der Waals surface area contributed by atoms with E-state index in [1.54, 1.807) is 0 Å². The third-order valence-electron chi connectivity index (χ3n) is 1.55. The van der Waals surface area contributed by atoms with E-state index in [0.29, 0.717) is 0 Å². The van der Waals surface area contributed by atoms with Crippen molar-refractivity contribution >= 4 is 16.3 Å². The number of nitrogens with two attached hydrogens (primary N) is 1. The summed E-state index contributed by atoms with van der Waals surface area (Å²) in [5, 5.41) is 44.0. The first-order chi connectivity index (χ1) is 7.91. The highest BCUT2D eigenvalue weighted by Gasteiger charge is 2.32. The zero-order valence-corrected chi connectivity index (χ0v) is 9.67. The summed E-state index contributed by atoms with van der Waals surface area (Å²) in [5.41, 5.74) is 4.61. The summed E-state index contributed by atoms with van der Waals surface area (Å²) in [5.74, 6) is -1.23. The molecule has 11 nitrogen and oxygen atoms in total. The summed E-state index contributed by atoms with van der Waals surface area (Å²) in [6, 6.07) is 0. The topological polar surface area (TPSA) is 219 Å². The number of hydrogen-bond donors (Lipinski definition) is 8. The maximum Gasteiger partial charge on any atom is 0.394 e. The molecule has 0 aromatic heterocycles. The Labute approximate surface area is 102 Å². The Bertz CT molecular complexity index is 334. The molecule has 110 valence electrons. The summed E-state index contributed by atoms with van der Waals surface area (Å²) in [6.45, 7) is -0.802. The molecule has 0 rings (SSSR count). The molecule has 0 fully saturated rings. The fourth-order valence-electron chi connectivity index (χ4n) is 0.691. The van der Waals surface area contributed by atoms with Crippen LogP contribution in [0.1, 0.15) is 0 Å². The monoisotopic (exact) mass is 293 g/mol. The molecule has 0 aromatic carbocycles. The van der Waals surface area contributed by atoms with Crippen molar-refractivity contribution in [2.45, 2.75) is 24.4 Å². The second-order valence-electron chi connectivity index (χ2n) is 3.03. The summed E-state index contributed by atoms with van der Waals surface area (Å²) < 4.78 is 31.6. The van der Waals surface area contributed by atoms with Gasteiger partial charge in [0, 0.05) is 0 Å². The summed E-state index contributed by atoms with van der Waals surface area (Å²) in [7, 11) is -4.67. The number of rotatable bonds is 5. The number of amides is 1. The van der Waals surface area contributed by atoms with E-state index >= 15 is 0 Å². The molecule has 0 aliphatic heterocycles. The van der Waals surface area contributed by atoms with Gasteiger partial charge >= 0.3 is 10.4 Å². The quantitative estimate of drug-likeness (QED) is 0.226. The smallest absolute Gasteiger partial charge is 0.394 e. The van der Waals surface area contributed by atoms with Gasteiger partial charge in [0.25, 0.3) is 0 Å². The van der Waals surface area contributed by atoms with Gasteiger partial charge in [0.05, 0.1) is 6.61 Å². The third-order valence-corrected chi connectivity index (χ3v) is 1.55. The number of carbonyl (C=O) groups excluding carboxylic acids is 1. The van der Waals surface area contributed by atoms with Gasteiger partial charge in [-0.05, 0) is 0 Å². The number of aliphatic hydroxyl groups excluding tert-OH is 5. The van der Waals surface area contributed by atoms with Gasteiger partial charge < -0.3 is 31.3 Å². The molecule has 0 heterocycles. The van der Waals surface area contributed by atoms with E-state index in [1.165, 1.54) is 0 Å². The van der Waals surface area contributed by atoms with Crippen molar-refractivity contribution in [3.8, 4) is 0 Å². The summed E-state index contributed by atoms with van der Waals surface area (Å²) in [6.07, 6.45) is -7.35. The SMILES string of the molecule is NC(=O)[C@H](O)[C@@H](O)[C@H](O)[C@H](O)CO.O=S(=O)(O)O. The Kier molecular flexibility index (Phi) is 8.96. The van der Waals surface area contributed by atoms with E-state index in [0.717, 1.165) is 0 Å². The number of primary amides is 1. The van der Waals surface area contributed by atoms with Gasteiger partial charge in [-0.1, -0.05) is 0 Å². The van der Waals surface area contributed by atoms with Crippen molar-refractivity contribution in [3.05, 3.63) is 0 Å². The van der Waals surface area contributed by atoms with Crippen LogP contribution in [0.3, 0.4) is 0 Å². The highest BCUT2D eigenvalue weighted by atomic mass is 32.3. The largest absolute Gasteiger partial charge is 0.394 e. The lowest BCUT2D eigenvalue weighted by Gasteiger charge is -2.23. The van der Waals surface area contributed by atoms with Crippen LogP contribution in [-0.2, 0) is 15.2 Å². The molecule has 0 bridgehead atoms. The van der Waals surface area contributed by atoms with Gasteiger partial charge in [0.2, 0.25) is 5.91 Å². The van der Waals surface area contributed by atoms with Crippen LogP contribution >= 0.6 is 0 Å². The first-order valence-corrected chi connectivity index (χ1v) is 5.63. The molecule has 12 heteroatoms. The molecule has 0 spiro atoms. The first kappa shape index (κ1) is 19.5.